The van der Waals surface area contributed by atoms with Crippen LogP contribution in [0.25, 0.3) is 0 Å². The van der Waals surface area contributed by atoms with E-state index >= 15 is 0 Å². The van der Waals surface area contributed by atoms with Crippen LogP contribution in [0.2, 0.25) is 0 Å². The molecule has 0 aliphatic carbocycles. The van der Waals surface area contributed by atoms with Crippen molar-refractivity contribution in [1.82, 2.24) is 5.32 Å². The van der Waals surface area contributed by atoms with E-state index in [2.05, 4.69) is 36.5 Å². The zero-order chi connectivity index (χ0) is 12.7. The summed E-state index contributed by atoms with van der Waals surface area (Å²) in [6.07, 6.45) is 2.34. The molecule has 0 radical (unpaired) electrons. The Labute approximate surface area is 103 Å². The highest BCUT2D eigenvalue weighted by Crippen LogP contribution is 2.13. The SMILES string of the molecule is Cc1ccc([C@H](C)NC(=O)CCCCN)cc1. The number of aryl methyl sites for hydroxylation is 1. The average Bonchev–Trinajstić information content (AvgIpc) is 2.30. The van der Waals surface area contributed by atoms with E-state index in [4.69, 9.17) is 5.73 Å². The van der Waals surface area contributed by atoms with Crippen LogP contribution in [-0.2, 0) is 4.79 Å². The van der Waals surface area contributed by atoms with Gasteiger partial charge in [0.15, 0.2) is 0 Å². The van der Waals surface area contributed by atoms with Gasteiger partial charge in [-0.05, 0) is 38.8 Å². The summed E-state index contributed by atoms with van der Waals surface area (Å²) in [5, 5.41) is 2.99. The molecule has 0 aliphatic heterocycles. The molecule has 0 aliphatic rings. The minimum absolute atomic E-state index is 0.0703. The van der Waals surface area contributed by atoms with Crippen LogP contribution in [0.4, 0.5) is 0 Å². The predicted molar refractivity (Wildman–Crippen MR) is 70.6 cm³/mol. The fourth-order valence-electron chi connectivity index (χ4n) is 1.68. The highest BCUT2D eigenvalue weighted by atomic mass is 16.1. The van der Waals surface area contributed by atoms with Crippen molar-refractivity contribution in [2.75, 3.05) is 6.54 Å². The smallest absolute Gasteiger partial charge is 0.220 e. The number of unbranched alkanes of at least 4 members (excludes halogenated alkanes) is 1. The van der Waals surface area contributed by atoms with Gasteiger partial charge in [0, 0.05) is 6.42 Å². The van der Waals surface area contributed by atoms with Crippen LogP contribution in [0.3, 0.4) is 0 Å². The van der Waals surface area contributed by atoms with Crippen LogP contribution in [0.1, 0.15) is 43.4 Å². The molecule has 0 bridgehead atoms. The minimum atomic E-state index is 0.0703. The zero-order valence-electron chi connectivity index (χ0n) is 10.7. The number of amides is 1. The summed E-state index contributed by atoms with van der Waals surface area (Å²) >= 11 is 0. The van der Waals surface area contributed by atoms with E-state index in [9.17, 15) is 4.79 Å². The van der Waals surface area contributed by atoms with Crippen molar-refractivity contribution in [2.45, 2.75) is 39.2 Å². The second-order valence-corrected chi connectivity index (χ2v) is 4.45. The Hall–Kier alpha value is -1.35. The summed E-state index contributed by atoms with van der Waals surface area (Å²) < 4.78 is 0. The quantitative estimate of drug-likeness (QED) is 0.742. The van der Waals surface area contributed by atoms with Crippen LogP contribution in [0.15, 0.2) is 24.3 Å². The van der Waals surface area contributed by atoms with E-state index < -0.39 is 0 Å². The lowest BCUT2D eigenvalue weighted by Gasteiger charge is -2.14. The van der Waals surface area contributed by atoms with Crippen molar-refractivity contribution < 1.29 is 4.79 Å². The average molecular weight is 234 g/mol. The Kier molecular flexibility index (Phi) is 5.70. The molecule has 1 aromatic carbocycles. The Morgan fingerprint density at radius 2 is 1.94 bits per heavy atom. The van der Waals surface area contributed by atoms with E-state index in [-0.39, 0.29) is 11.9 Å². The molecule has 0 unspecified atom stereocenters. The van der Waals surface area contributed by atoms with E-state index in [0.717, 1.165) is 18.4 Å². The maximum absolute atomic E-state index is 11.6. The van der Waals surface area contributed by atoms with Crippen molar-refractivity contribution in [2.24, 2.45) is 5.73 Å². The molecule has 1 atom stereocenters. The molecule has 0 heterocycles. The number of nitrogens with one attached hydrogen (secondary N) is 1. The van der Waals surface area contributed by atoms with Gasteiger partial charge in [0.25, 0.3) is 0 Å². The number of hydrogen-bond donors (Lipinski definition) is 2. The second-order valence-electron chi connectivity index (χ2n) is 4.45. The monoisotopic (exact) mass is 234 g/mol. The van der Waals surface area contributed by atoms with Crippen LogP contribution in [-0.4, -0.2) is 12.5 Å². The van der Waals surface area contributed by atoms with Gasteiger partial charge >= 0.3 is 0 Å². The van der Waals surface area contributed by atoms with Gasteiger partial charge in [0.05, 0.1) is 6.04 Å². The highest BCUT2D eigenvalue weighted by Gasteiger charge is 2.08. The van der Waals surface area contributed by atoms with E-state index in [1.54, 1.807) is 0 Å². The molecule has 94 valence electrons. The first-order valence-electron chi connectivity index (χ1n) is 6.19. The number of hydrogen-bond acceptors (Lipinski definition) is 2. The summed E-state index contributed by atoms with van der Waals surface area (Å²) in [5.41, 5.74) is 7.76. The maximum atomic E-state index is 11.6. The number of nitrogens with two attached hydrogens (primary N) is 1. The molecule has 0 aromatic heterocycles. The maximum Gasteiger partial charge on any atom is 0.220 e. The highest BCUT2D eigenvalue weighted by molar-refractivity contribution is 5.76. The summed E-state index contributed by atoms with van der Waals surface area (Å²) in [4.78, 5) is 11.6. The van der Waals surface area contributed by atoms with Gasteiger partial charge in [0.2, 0.25) is 5.91 Å². The number of benzene rings is 1. The van der Waals surface area contributed by atoms with Gasteiger partial charge in [0.1, 0.15) is 0 Å². The lowest BCUT2D eigenvalue weighted by Crippen LogP contribution is -2.26. The van der Waals surface area contributed by atoms with Gasteiger partial charge in [-0.2, -0.15) is 0 Å². The summed E-state index contributed by atoms with van der Waals surface area (Å²) in [6, 6.07) is 8.31. The second kappa shape index (κ2) is 7.07. The molecule has 1 rings (SSSR count). The standard InChI is InChI=1S/C14H22N2O/c1-11-6-8-13(9-7-11)12(2)16-14(17)5-3-4-10-15/h6-9,12H,3-5,10,15H2,1-2H3,(H,16,17)/t12-/m0/s1. The summed E-state index contributed by atoms with van der Waals surface area (Å²) in [7, 11) is 0. The van der Waals surface area contributed by atoms with E-state index in [0.29, 0.717) is 13.0 Å². The lowest BCUT2D eigenvalue weighted by atomic mass is 10.1. The van der Waals surface area contributed by atoms with Gasteiger partial charge in [-0.3, -0.25) is 4.79 Å². The van der Waals surface area contributed by atoms with E-state index in [1.165, 1.54) is 5.56 Å². The fourth-order valence-corrected chi connectivity index (χ4v) is 1.68. The number of carbonyl (C=O) groups excluding carboxylic acids is 1. The van der Waals surface area contributed by atoms with Crippen LogP contribution >= 0.6 is 0 Å². The molecule has 17 heavy (non-hydrogen) atoms. The van der Waals surface area contributed by atoms with Gasteiger partial charge in [-0.15, -0.1) is 0 Å². The Morgan fingerprint density at radius 3 is 2.53 bits per heavy atom. The Balaban J connectivity index is 2.40. The largest absolute Gasteiger partial charge is 0.350 e. The predicted octanol–water partition coefficient (Wildman–Crippen LogP) is 2.30. The van der Waals surface area contributed by atoms with Crippen molar-refractivity contribution in [3.05, 3.63) is 35.4 Å². The van der Waals surface area contributed by atoms with Crippen molar-refractivity contribution >= 4 is 5.91 Å². The fraction of sp³-hybridized carbons (Fsp3) is 0.500. The zero-order valence-corrected chi connectivity index (χ0v) is 10.7. The topological polar surface area (TPSA) is 55.1 Å². The number of carbonyl (C=O) groups is 1. The Bertz CT molecular complexity index is 346. The first-order valence-corrected chi connectivity index (χ1v) is 6.19. The van der Waals surface area contributed by atoms with E-state index in [1.807, 2.05) is 6.92 Å². The van der Waals surface area contributed by atoms with Gasteiger partial charge in [-0.25, -0.2) is 0 Å². The van der Waals surface area contributed by atoms with Crippen LogP contribution in [0.5, 0.6) is 0 Å². The normalized spacial score (nSPS) is 12.2. The molecule has 0 saturated heterocycles. The first-order chi connectivity index (χ1) is 8.13. The summed E-state index contributed by atoms with van der Waals surface area (Å²) in [6.45, 7) is 4.71. The molecular weight excluding hydrogens is 212 g/mol. The minimum Gasteiger partial charge on any atom is -0.350 e. The molecule has 0 spiro atoms. The van der Waals surface area contributed by atoms with Crippen LogP contribution in [0, 0.1) is 6.92 Å². The van der Waals surface area contributed by atoms with Crippen molar-refractivity contribution in [1.29, 1.82) is 0 Å². The molecule has 3 heteroatoms. The molecule has 3 nitrogen and oxygen atoms in total. The third-order valence-electron chi connectivity index (χ3n) is 2.81. The molecule has 1 amide bonds. The van der Waals surface area contributed by atoms with Crippen LogP contribution < -0.4 is 11.1 Å². The molecular formula is C14H22N2O. The molecule has 1 aromatic rings. The van der Waals surface area contributed by atoms with Crippen molar-refractivity contribution in [3.8, 4) is 0 Å². The third-order valence-corrected chi connectivity index (χ3v) is 2.81. The first kappa shape index (κ1) is 13.7. The summed E-state index contributed by atoms with van der Waals surface area (Å²) in [5.74, 6) is 0.103. The van der Waals surface area contributed by atoms with Crippen molar-refractivity contribution in [3.63, 3.8) is 0 Å². The lowest BCUT2D eigenvalue weighted by molar-refractivity contribution is -0.121. The number of rotatable bonds is 6. The van der Waals surface area contributed by atoms with Gasteiger partial charge < -0.3 is 11.1 Å². The van der Waals surface area contributed by atoms with Gasteiger partial charge in [-0.1, -0.05) is 29.8 Å². The Morgan fingerprint density at radius 1 is 1.29 bits per heavy atom. The molecule has 3 N–H and O–H groups in total. The third kappa shape index (κ3) is 5.00. The molecule has 0 saturated carbocycles. The molecule has 0 fully saturated rings.